The Morgan fingerprint density at radius 3 is 2.71 bits per heavy atom. The van der Waals surface area contributed by atoms with Crippen LogP contribution in [0.2, 0.25) is 0 Å². The topological polar surface area (TPSA) is 64.9 Å². The minimum atomic E-state index is 0.268. The Morgan fingerprint density at radius 1 is 1.29 bits per heavy atom. The van der Waals surface area contributed by atoms with Crippen molar-refractivity contribution in [2.45, 2.75) is 16.3 Å². The minimum absolute atomic E-state index is 0.268. The SMILES string of the molecule is CSc1cccc(-c2noc(CN)n2)c1SC. The summed E-state index contributed by atoms with van der Waals surface area (Å²) in [6.45, 7) is 0.268. The largest absolute Gasteiger partial charge is 0.338 e. The van der Waals surface area contributed by atoms with Crippen LogP contribution in [-0.2, 0) is 6.54 Å². The second-order valence-corrected chi connectivity index (χ2v) is 4.92. The van der Waals surface area contributed by atoms with E-state index in [0.29, 0.717) is 11.7 Å². The molecule has 1 aromatic heterocycles. The molecule has 17 heavy (non-hydrogen) atoms. The first-order valence-electron chi connectivity index (χ1n) is 5.04. The van der Waals surface area contributed by atoms with Crippen molar-refractivity contribution in [3.05, 3.63) is 24.1 Å². The molecule has 0 saturated heterocycles. The van der Waals surface area contributed by atoms with Gasteiger partial charge in [0.15, 0.2) is 0 Å². The van der Waals surface area contributed by atoms with E-state index in [1.807, 2.05) is 18.4 Å². The van der Waals surface area contributed by atoms with Crippen LogP contribution in [0.1, 0.15) is 5.89 Å². The third kappa shape index (κ3) is 2.48. The lowest BCUT2D eigenvalue weighted by Crippen LogP contribution is -1.95. The highest BCUT2D eigenvalue weighted by atomic mass is 32.2. The van der Waals surface area contributed by atoms with Gasteiger partial charge >= 0.3 is 0 Å². The zero-order chi connectivity index (χ0) is 12.3. The summed E-state index contributed by atoms with van der Waals surface area (Å²) in [4.78, 5) is 6.65. The monoisotopic (exact) mass is 267 g/mol. The Morgan fingerprint density at radius 2 is 2.12 bits per heavy atom. The molecular weight excluding hydrogens is 254 g/mol. The summed E-state index contributed by atoms with van der Waals surface area (Å²) in [6.07, 6.45) is 4.10. The lowest BCUT2D eigenvalue weighted by atomic mass is 10.2. The number of aromatic nitrogens is 2. The first kappa shape index (κ1) is 12.5. The quantitative estimate of drug-likeness (QED) is 0.859. The van der Waals surface area contributed by atoms with Crippen molar-refractivity contribution < 1.29 is 4.52 Å². The molecule has 90 valence electrons. The van der Waals surface area contributed by atoms with Crippen LogP contribution in [-0.4, -0.2) is 22.7 Å². The Bertz CT molecular complexity index is 513. The molecule has 0 aliphatic heterocycles. The maximum Gasteiger partial charge on any atom is 0.240 e. The summed E-state index contributed by atoms with van der Waals surface area (Å²) >= 11 is 3.39. The second-order valence-electron chi connectivity index (χ2n) is 3.26. The van der Waals surface area contributed by atoms with Crippen LogP contribution in [0.25, 0.3) is 11.4 Å². The molecule has 2 rings (SSSR count). The fraction of sp³-hybridized carbons (Fsp3) is 0.273. The van der Waals surface area contributed by atoms with Crippen molar-refractivity contribution >= 4 is 23.5 Å². The number of benzene rings is 1. The maximum atomic E-state index is 5.46. The average Bonchev–Trinajstić information content (AvgIpc) is 2.86. The van der Waals surface area contributed by atoms with Crippen LogP contribution in [0.5, 0.6) is 0 Å². The van der Waals surface area contributed by atoms with E-state index >= 15 is 0 Å². The van der Waals surface area contributed by atoms with Crippen molar-refractivity contribution in [2.75, 3.05) is 12.5 Å². The van der Waals surface area contributed by atoms with Crippen molar-refractivity contribution in [1.82, 2.24) is 10.1 Å². The van der Waals surface area contributed by atoms with E-state index in [9.17, 15) is 0 Å². The number of nitrogens with two attached hydrogens (primary N) is 1. The Hall–Kier alpha value is -0.980. The van der Waals surface area contributed by atoms with Crippen LogP contribution >= 0.6 is 23.5 Å². The molecule has 0 spiro atoms. The summed E-state index contributed by atoms with van der Waals surface area (Å²) in [5.41, 5.74) is 6.46. The molecule has 0 radical (unpaired) electrons. The normalized spacial score (nSPS) is 10.8. The molecule has 0 saturated carbocycles. The Labute approximate surface area is 108 Å². The van der Waals surface area contributed by atoms with Gasteiger partial charge in [-0.2, -0.15) is 4.98 Å². The van der Waals surface area contributed by atoms with E-state index in [2.05, 4.69) is 22.5 Å². The summed E-state index contributed by atoms with van der Waals surface area (Å²) in [5.74, 6) is 1.06. The average molecular weight is 267 g/mol. The number of nitrogens with zero attached hydrogens (tertiary/aromatic N) is 2. The predicted molar refractivity (Wildman–Crippen MR) is 71.2 cm³/mol. The summed E-state index contributed by atoms with van der Waals surface area (Å²) < 4.78 is 5.04. The molecule has 0 unspecified atom stereocenters. The molecule has 2 N–H and O–H groups in total. The third-order valence-electron chi connectivity index (χ3n) is 2.29. The van der Waals surface area contributed by atoms with Gasteiger partial charge in [0.1, 0.15) is 0 Å². The van der Waals surface area contributed by atoms with Crippen LogP contribution in [0.3, 0.4) is 0 Å². The van der Waals surface area contributed by atoms with Gasteiger partial charge in [0.2, 0.25) is 11.7 Å². The maximum absolute atomic E-state index is 5.46. The molecule has 0 aliphatic rings. The highest BCUT2D eigenvalue weighted by molar-refractivity contribution is 8.01. The van der Waals surface area contributed by atoms with E-state index in [1.54, 1.807) is 23.5 Å². The van der Waals surface area contributed by atoms with Gasteiger partial charge in [-0.05, 0) is 24.6 Å². The lowest BCUT2D eigenvalue weighted by molar-refractivity contribution is 0.380. The molecule has 1 aromatic carbocycles. The first-order valence-corrected chi connectivity index (χ1v) is 7.49. The molecule has 6 heteroatoms. The van der Waals surface area contributed by atoms with Crippen LogP contribution in [0.4, 0.5) is 0 Å². The summed E-state index contributed by atoms with van der Waals surface area (Å²) in [5, 5.41) is 3.95. The molecule has 0 fully saturated rings. The smallest absolute Gasteiger partial charge is 0.240 e. The van der Waals surface area contributed by atoms with Gasteiger partial charge in [-0.3, -0.25) is 0 Å². The molecule has 1 heterocycles. The van der Waals surface area contributed by atoms with Crippen LogP contribution in [0.15, 0.2) is 32.5 Å². The van der Waals surface area contributed by atoms with E-state index < -0.39 is 0 Å². The van der Waals surface area contributed by atoms with Gasteiger partial charge < -0.3 is 10.3 Å². The van der Waals surface area contributed by atoms with Gasteiger partial charge in [-0.15, -0.1) is 23.5 Å². The minimum Gasteiger partial charge on any atom is -0.338 e. The van der Waals surface area contributed by atoms with E-state index in [4.69, 9.17) is 10.3 Å². The zero-order valence-electron chi connectivity index (χ0n) is 9.64. The van der Waals surface area contributed by atoms with Crippen LogP contribution < -0.4 is 5.73 Å². The number of thioether (sulfide) groups is 2. The fourth-order valence-electron chi connectivity index (χ4n) is 1.51. The summed E-state index contributed by atoms with van der Waals surface area (Å²) in [6, 6.07) is 6.08. The van der Waals surface area contributed by atoms with E-state index in [-0.39, 0.29) is 6.54 Å². The van der Waals surface area contributed by atoms with Crippen molar-refractivity contribution in [1.29, 1.82) is 0 Å². The molecule has 0 bridgehead atoms. The molecule has 2 aromatic rings. The van der Waals surface area contributed by atoms with Gasteiger partial charge in [-0.1, -0.05) is 11.2 Å². The highest BCUT2D eigenvalue weighted by Crippen LogP contribution is 2.35. The van der Waals surface area contributed by atoms with E-state index in [1.165, 1.54) is 9.79 Å². The zero-order valence-corrected chi connectivity index (χ0v) is 11.3. The highest BCUT2D eigenvalue weighted by Gasteiger charge is 2.14. The fourth-order valence-corrected chi connectivity index (χ4v) is 3.17. The molecule has 0 atom stereocenters. The predicted octanol–water partition coefficient (Wildman–Crippen LogP) is 2.64. The van der Waals surface area contributed by atoms with Gasteiger partial charge in [0.05, 0.1) is 6.54 Å². The Kier molecular flexibility index (Phi) is 4.09. The lowest BCUT2D eigenvalue weighted by Gasteiger charge is -2.07. The second kappa shape index (κ2) is 5.57. The summed E-state index contributed by atoms with van der Waals surface area (Å²) in [7, 11) is 0. The molecular formula is C11H13N3OS2. The number of hydrogen-bond donors (Lipinski definition) is 1. The Balaban J connectivity index is 2.50. The van der Waals surface area contributed by atoms with Gasteiger partial charge in [-0.25, -0.2) is 0 Å². The number of hydrogen-bond acceptors (Lipinski definition) is 6. The molecule has 4 nitrogen and oxygen atoms in total. The molecule has 0 aliphatic carbocycles. The van der Waals surface area contributed by atoms with Gasteiger partial charge in [0.25, 0.3) is 0 Å². The number of rotatable bonds is 4. The standard InChI is InChI=1S/C11H13N3OS2/c1-16-8-5-3-4-7(10(8)17-2)11-13-9(6-12)15-14-11/h3-5H,6,12H2,1-2H3. The van der Waals surface area contributed by atoms with Crippen molar-refractivity contribution in [3.63, 3.8) is 0 Å². The van der Waals surface area contributed by atoms with Crippen LogP contribution in [0, 0.1) is 0 Å². The third-order valence-corrected chi connectivity index (χ3v) is 4.04. The van der Waals surface area contributed by atoms with Crippen molar-refractivity contribution in [3.8, 4) is 11.4 Å². The molecule has 0 amide bonds. The van der Waals surface area contributed by atoms with Gasteiger partial charge in [0, 0.05) is 15.4 Å². The van der Waals surface area contributed by atoms with E-state index in [0.717, 1.165) is 5.56 Å². The first-order chi connectivity index (χ1) is 8.30. The van der Waals surface area contributed by atoms with Crippen molar-refractivity contribution in [2.24, 2.45) is 5.73 Å².